The number of methoxy groups -OCH3 is 1. The summed E-state index contributed by atoms with van der Waals surface area (Å²) in [4.78, 5) is 4.42. The minimum Gasteiger partial charge on any atom is -0.496 e. The highest BCUT2D eigenvalue weighted by Gasteiger charge is 2.07. The van der Waals surface area contributed by atoms with Crippen LogP contribution in [0, 0.1) is 6.92 Å². The number of aromatic nitrogens is 1. The van der Waals surface area contributed by atoms with Crippen molar-refractivity contribution in [2.24, 2.45) is 0 Å². The number of aryl methyl sites for hydroxylation is 1. The van der Waals surface area contributed by atoms with Gasteiger partial charge in [-0.05, 0) is 31.5 Å². The van der Waals surface area contributed by atoms with E-state index in [9.17, 15) is 5.11 Å². The zero-order chi connectivity index (χ0) is 11.7. The molecule has 0 amide bonds. The van der Waals surface area contributed by atoms with E-state index in [1.807, 2.05) is 31.2 Å². The van der Waals surface area contributed by atoms with Crippen LogP contribution in [0.2, 0.25) is 0 Å². The Labute approximate surface area is 94.7 Å². The van der Waals surface area contributed by atoms with Gasteiger partial charge in [0.2, 0.25) is 0 Å². The van der Waals surface area contributed by atoms with Gasteiger partial charge >= 0.3 is 0 Å². The average molecular weight is 217 g/mol. The molecule has 0 aliphatic rings. The standard InChI is InChI=1S/C13H15NO2/c1-8-6-13(16-3)11-7-10(9(2)15)4-5-12(11)14-8/h4-7,9,15H,1-3H3. The molecular formula is C13H15NO2. The summed E-state index contributed by atoms with van der Waals surface area (Å²) in [7, 11) is 1.64. The largest absolute Gasteiger partial charge is 0.496 e. The average Bonchev–Trinajstić information content (AvgIpc) is 2.27. The van der Waals surface area contributed by atoms with Crippen LogP contribution in [0.3, 0.4) is 0 Å². The molecule has 2 rings (SSSR count). The molecule has 16 heavy (non-hydrogen) atoms. The zero-order valence-corrected chi connectivity index (χ0v) is 9.69. The number of ether oxygens (including phenoxy) is 1. The molecule has 0 bridgehead atoms. The van der Waals surface area contributed by atoms with Crippen molar-refractivity contribution in [2.45, 2.75) is 20.0 Å². The van der Waals surface area contributed by atoms with E-state index in [0.717, 1.165) is 27.9 Å². The molecule has 3 nitrogen and oxygen atoms in total. The van der Waals surface area contributed by atoms with E-state index in [1.54, 1.807) is 14.0 Å². The van der Waals surface area contributed by atoms with Crippen LogP contribution in [0.25, 0.3) is 10.9 Å². The first kappa shape index (κ1) is 10.9. The van der Waals surface area contributed by atoms with Crippen molar-refractivity contribution in [3.8, 4) is 5.75 Å². The molecular weight excluding hydrogens is 202 g/mol. The number of pyridine rings is 1. The third-order valence-corrected chi connectivity index (χ3v) is 2.63. The molecule has 0 aliphatic carbocycles. The number of aliphatic hydroxyl groups excluding tert-OH is 1. The van der Waals surface area contributed by atoms with E-state index in [0.29, 0.717) is 0 Å². The summed E-state index contributed by atoms with van der Waals surface area (Å²) in [5.41, 5.74) is 2.69. The number of hydrogen-bond donors (Lipinski definition) is 1. The van der Waals surface area contributed by atoms with E-state index in [1.165, 1.54) is 0 Å². The van der Waals surface area contributed by atoms with Crippen molar-refractivity contribution in [2.75, 3.05) is 7.11 Å². The Balaban J connectivity index is 2.71. The van der Waals surface area contributed by atoms with E-state index in [4.69, 9.17) is 4.74 Å². The van der Waals surface area contributed by atoms with Gasteiger partial charge in [0.1, 0.15) is 5.75 Å². The van der Waals surface area contributed by atoms with Gasteiger partial charge in [-0.3, -0.25) is 4.98 Å². The SMILES string of the molecule is COc1cc(C)nc2ccc(C(C)O)cc12. The summed E-state index contributed by atoms with van der Waals surface area (Å²) >= 11 is 0. The van der Waals surface area contributed by atoms with E-state index < -0.39 is 6.10 Å². The van der Waals surface area contributed by atoms with Gasteiger partial charge in [-0.25, -0.2) is 0 Å². The molecule has 1 N–H and O–H groups in total. The predicted octanol–water partition coefficient (Wildman–Crippen LogP) is 2.61. The van der Waals surface area contributed by atoms with Gasteiger partial charge in [0.05, 0.1) is 18.7 Å². The first-order valence-electron chi connectivity index (χ1n) is 5.25. The first-order chi connectivity index (χ1) is 7.61. The van der Waals surface area contributed by atoms with Crippen LogP contribution in [0.5, 0.6) is 5.75 Å². The van der Waals surface area contributed by atoms with Crippen molar-refractivity contribution in [1.82, 2.24) is 4.98 Å². The maximum Gasteiger partial charge on any atom is 0.130 e. The van der Waals surface area contributed by atoms with Gasteiger partial charge in [0.25, 0.3) is 0 Å². The molecule has 1 heterocycles. The fourth-order valence-electron chi connectivity index (χ4n) is 1.77. The Morgan fingerprint density at radius 1 is 1.31 bits per heavy atom. The van der Waals surface area contributed by atoms with Crippen LogP contribution >= 0.6 is 0 Å². The Kier molecular flexibility index (Phi) is 2.79. The minimum atomic E-state index is -0.476. The zero-order valence-electron chi connectivity index (χ0n) is 9.69. The second kappa shape index (κ2) is 4.10. The summed E-state index contributed by atoms with van der Waals surface area (Å²) in [5, 5.41) is 10.5. The summed E-state index contributed by atoms with van der Waals surface area (Å²) < 4.78 is 5.32. The highest BCUT2D eigenvalue weighted by molar-refractivity contribution is 5.86. The molecule has 84 valence electrons. The molecule has 0 fully saturated rings. The predicted molar refractivity (Wildman–Crippen MR) is 63.7 cm³/mol. The molecule has 0 radical (unpaired) electrons. The van der Waals surface area contributed by atoms with E-state index in [2.05, 4.69) is 4.98 Å². The lowest BCUT2D eigenvalue weighted by atomic mass is 10.1. The number of nitrogens with zero attached hydrogens (tertiary/aromatic N) is 1. The maximum absolute atomic E-state index is 9.54. The third kappa shape index (κ3) is 1.86. The highest BCUT2D eigenvalue weighted by Crippen LogP contribution is 2.27. The topological polar surface area (TPSA) is 42.4 Å². The molecule has 1 aromatic heterocycles. The Bertz CT molecular complexity index is 521. The fraction of sp³-hybridized carbons (Fsp3) is 0.308. The van der Waals surface area contributed by atoms with Gasteiger partial charge in [0.15, 0.2) is 0 Å². The Hall–Kier alpha value is -1.61. The molecule has 1 aromatic carbocycles. The fourth-order valence-corrected chi connectivity index (χ4v) is 1.77. The highest BCUT2D eigenvalue weighted by atomic mass is 16.5. The van der Waals surface area contributed by atoms with Crippen molar-refractivity contribution in [3.05, 3.63) is 35.5 Å². The lowest BCUT2D eigenvalue weighted by Gasteiger charge is -2.09. The molecule has 1 atom stereocenters. The summed E-state index contributed by atoms with van der Waals surface area (Å²) in [6.45, 7) is 3.68. The second-order valence-corrected chi connectivity index (χ2v) is 3.92. The van der Waals surface area contributed by atoms with Gasteiger partial charge in [-0.1, -0.05) is 6.07 Å². The summed E-state index contributed by atoms with van der Waals surface area (Å²) in [6, 6.07) is 7.62. The molecule has 0 saturated carbocycles. The van der Waals surface area contributed by atoms with Gasteiger partial charge in [0, 0.05) is 17.1 Å². The van der Waals surface area contributed by atoms with Crippen LogP contribution in [-0.2, 0) is 0 Å². The van der Waals surface area contributed by atoms with Crippen LogP contribution in [0.1, 0.15) is 24.3 Å². The number of rotatable bonds is 2. The summed E-state index contributed by atoms with van der Waals surface area (Å²) in [5.74, 6) is 0.796. The van der Waals surface area contributed by atoms with E-state index in [-0.39, 0.29) is 0 Å². The molecule has 0 spiro atoms. The third-order valence-electron chi connectivity index (χ3n) is 2.63. The first-order valence-corrected chi connectivity index (χ1v) is 5.25. The molecule has 2 aromatic rings. The van der Waals surface area contributed by atoms with Crippen LogP contribution < -0.4 is 4.74 Å². The molecule has 3 heteroatoms. The number of benzene rings is 1. The van der Waals surface area contributed by atoms with Crippen molar-refractivity contribution in [3.63, 3.8) is 0 Å². The monoisotopic (exact) mass is 217 g/mol. The summed E-state index contributed by atoms with van der Waals surface area (Å²) in [6.07, 6.45) is -0.476. The lowest BCUT2D eigenvalue weighted by molar-refractivity contribution is 0.199. The van der Waals surface area contributed by atoms with Crippen LogP contribution in [-0.4, -0.2) is 17.2 Å². The van der Waals surface area contributed by atoms with Gasteiger partial charge in [-0.2, -0.15) is 0 Å². The maximum atomic E-state index is 9.54. The number of aliphatic hydroxyl groups is 1. The minimum absolute atomic E-state index is 0.476. The van der Waals surface area contributed by atoms with E-state index >= 15 is 0 Å². The normalized spacial score (nSPS) is 12.8. The smallest absolute Gasteiger partial charge is 0.130 e. The van der Waals surface area contributed by atoms with Crippen molar-refractivity contribution in [1.29, 1.82) is 0 Å². The van der Waals surface area contributed by atoms with Gasteiger partial charge < -0.3 is 9.84 Å². The quantitative estimate of drug-likeness (QED) is 0.840. The molecule has 0 aliphatic heterocycles. The van der Waals surface area contributed by atoms with Crippen molar-refractivity contribution < 1.29 is 9.84 Å². The van der Waals surface area contributed by atoms with Crippen LogP contribution in [0.4, 0.5) is 0 Å². The van der Waals surface area contributed by atoms with Crippen molar-refractivity contribution >= 4 is 10.9 Å². The number of hydrogen-bond acceptors (Lipinski definition) is 3. The molecule has 1 unspecified atom stereocenters. The molecule has 0 saturated heterocycles. The Morgan fingerprint density at radius 2 is 2.06 bits per heavy atom. The number of fused-ring (bicyclic) bond motifs is 1. The van der Waals surface area contributed by atoms with Crippen LogP contribution in [0.15, 0.2) is 24.3 Å². The second-order valence-electron chi connectivity index (χ2n) is 3.92. The van der Waals surface area contributed by atoms with Gasteiger partial charge in [-0.15, -0.1) is 0 Å². The Morgan fingerprint density at radius 3 is 2.69 bits per heavy atom. The lowest BCUT2D eigenvalue weighted by Crippen LogP contribution is -1.94.